The van der Waals surface area contributed by atoms with E-state index in [-0.39, 0.29) is 12.6 Å². The summed E-state index contributed by atoms with van der Waals surface area (Å²) in [6.07, 6.45) is 2.94. The summed E-state index contributed by atoms with van der Waals surface area (Å²) in [5, 5.41) is 0. The van der Waals surface area contributed by atoms with Crippen LogP contribution in [0.4, 0.5) is 8.78 Å². The third-order valence-electron chi connectivity index (χ3n) is 2.27. The second-order valence-electron chi connectivity index (χ2n) is 3.61. The lowest BCUT2D eigenvalue weighted by Gasteiger charge is -2.28. The largest absolute Gasteiger partial charge is 0.325 e. The maximum Gasteiger partial charge on any atom is 0.272 e. The van der Waals surface area contributed by atoms with Gasteiger partial charge in [0.1, 0.15) is 0 Å². The zero-order valence-electron chi connectivity index (χ0n) is 9.09. The maximum absolute atomic E-state index is 12.9. The lowest BCUT2D eigenvalue weighted by atomic mass is 10.2. The summed E-state index contributed by atoms with van der Waals surface area (Å²) in [4.78, 5) is 1.67. The van der Waals surface area contributed by atoms with Crippen LogP contribution in [0.25, 0.3) is 0 Å². The van der Waals surface area contributed by atoms with Gasteiger partial charge in [-0.3, -0.25) is 4.90 Å². The Bertz CT molecular complexity index is 156. The molecule has 0 saturated carbocycles. The fraction of sp³-hybridized carbons (Fsp3) is 1.00. The van der Waals surface area contributed by atoms with Crippen molar-refractivity contribution in [1.82, 2.24) is 4.90 Å². The maximum atomic E-state index is 12.9. The molecule has 2 N–H and O–H groups in total. The molecule has 14 heavy (non-hydrogen) atoms. The van der Waals surface area contributed by atoms with Gasteiger partial charge in [-0.15, -0.1) is 0 Å². The van der Waals surface area contributed by atoms with Crippen molar-refractivity contribution >= 4 is 11.8 Å². The first-order chi connectivity index (χ1) is 6.43. The first-order valence-corrected chi connectivity index (χ1v) is 6.09. The SMILES string of the molecule is CSCCC(C)N(C)CC(F)(F)CN. The number of nitrogens with zero attached hydrogens (tertiary/aromatic N) is 1. The summed E-state index contributed by atoms with van der Waals surface area (Å²) >= 11 is 1.73. The van der Waals surface area contributed by atoms with E-state index in [1.807, 2.05) is 13.2 Å². The van der Waals surface area contributed by atoms with Crippen LogP contribution >= 0.6 is 11.8 Å². The number of hydrogen-bond acceptors (Lipinski definition) is 3. The molecular formula is C9H20F2N2S. The Morgan fingerprint density at radius 3 is 2.50 bits per heavy atom. The van der Waals surface area contributed by atoms with Crippen molar-refractivity contribution in [2.75, 3.05) is 32.1 Å². The van der Waals surface area contributed by atoms with Crippen LogP contribution < -0.4 is 5.73 Å². The topological polar surface area (TPSA) is 29.3 Å². The fourth-order valence-electron chi connectivity index (χ4n) is 1.09. The summed E-state index contributed by atoms with van der Waals surface area (Å²) in [6, 6.07) is 0.180. The van der Waals surface area contributed by atoms with Crippen LogP contribution in [0.3, 0.4) is 0 Å². The Morgan fingerprint density at radius 2 is 2.07 bits per heavy atom. The molecule has 0 aromatic heterocycles. The van der Waals surface area contributed by atoms with Crippen molar-refractivity contribution in [1.29, 1.82) is 0 Å². The van der Waals surface area contributed by atoms with Gasteiger partial charge in [0.25, 0.3) is 5.92 Å². The highest BCUT2D eigenvalue weighted by molar-refractivity contribution is 7.98. The van der Waals surface area contributed by atoms with E-state index in [9.17, 15) is 8.78 Å². The molecule has 0 radical (unpaired) electrons. The molecule has 0 rings (SSSR count). The predicted octanol–water partition coefficient (Wildman–Crippen LogP) is 1.65. The van der Waals surface area contributed by atoms with Crippen molar-refractivity contribution in [2.24, 2.45) is 5.73 Å². The Labute approximate surface area is 89.2 Å². The molecular weight excluding hydrogens is 206 g/mol. The molecule has 0 bridgehead atoms. The number of alkyl halides is 2. The van der Waals surface area contributed by atoms with Gasteiger partial charge in [-0.1, -0.05) is 0 Å². The molecule has 1 atom stereocenters. The first kappa shape index (κ1) is 14.1. The zero-order chi connectivity index (χ0) is 11.2. The quantitative estimate of drug-likeness (QED) is 0.716. The Hall–Kier alpha value is 0.130. The monoisotopic (exact) mass is 226 g/mol. The summed E-state index contributed by atoms with van der Waals surface area (Å²) in [7, 11) is 1.72. The summed E-state index contributed by atoms with van der Waals surface area (Å²) in [5.74, 6) is -1.76. The second kappa shape index (κ2) is 6.58. The normalized spacial score (nSPS) is 14.8. The molecule has 0 aromatic carbocycles. The smallest absolute Gasteiger partial charge is 0.272 e. The van der Waals surface area contributed by atoms with Crippen LogP contribution in [0, 0.1) is 0 Å². The molecule has 2 nitrogen and oxygen atoms in total. The number of hydrogen-bond donors (Lipinski definition) is 1. The van der Waals surface area contributed by atoms with E-state index in [2.05, 4.69) is 0 Å². The predicted molar refractivity (Wildman–Crippen MR) is 59.1 cm³/mol. The van der Waals surface area contributed by atoms with E-state index >= 15 is 0 Å². The number of nitrogens with two attached hydrogens (primary N) is 1. The van der Waals surface area contributed by atoms with Crippen molar-refractivity contribution in [3.8, 4) is 0 Å². The lowest BCUT2D eigenvalue weighted by molar-refractivity contribution is -0.0254. The van der Waals surface area contributed by atoms with Crippen LogP contribution in [0.5, 0.6) is 0 Å². The minimum absolute atomic E-state index is 0.180. The molecule has 0 aliphatic heterocycles. The molecule has 0 aromatic rings. The van der Waals surface area contributed by atoms with Gasteiger partial charge in [-0.25, -0.2) is 8.78 Å². The second-order valence-corrected chi connectivity index (χ2v) is 4.59. The van der Waals surface area contributed by atoms with Crippen LogP contribution in [0.15, 0.2) is 0 Å². The third-order valence-corrected chi connectivity index (χ3v) is 2.92. The molecule has 86 valence electrons. The van der Waals surface area contributed by atoms with E-state index < -0.39 is 12.5 Å². The van der Waals surface area contributed by atoms with Gasteiger partial charge >= 0.3 is 0 Å². The Morgan fingerprint density at radius 1 is 1.50 bits per heavy atom. The molecule has 5 heteroatoms. The minimum Gasteiger partial charge on any atom is -0.325 e. The number of halogens is 2. The van der Waals surface area contributed by atoms with Crippen LogP contribution in [-0.4, -0.2) is 49.0 Å². The highest BCUT2D eigenvalue weighted by atomic mass is 32.2. The average Bonchev–Trinajstić information content (AvgIpc) is 2.13. The highest BCUT2D eigenvalue weighted by Crippen LogP contribution is 2.15. The van der Waals surface area contributed by atoms with E-state index in [1.165, 1.54) is 0 Å². The van der Waals surface area contributed by atoms with Crippen molar-refractivity contribution in [2.45, 2.75) is 25.3 Å². The summed E-state index contributed by atoms with van der Waals surface area (Å²) < 4.78 is 25.8. The molecule has 0 aliphatic carbocycles. The first-order valence-electron chi connectivity index (χ1n) is 4.70. The van der Waals surface area contributed by atoms with E-state index in [0.29, 0.717) is 0 Å². The van der Waals surface area contributed by atoms with Gasteiger partial charge in [0.05, 0.1) is 13.1 Å². The van der Waals surface area contributed by atoms with E-state index in [1.54, 1.807) is 23.7 Å². The average molecular weight is 226 g/mol. The molecule has 1 unspecified atom stereocenters. The molecule has 0 spiro atoms. The van der Waals surface area contributed by atoms with Gasteiger partial charge in [0.15, 0.2) is 0 Å². The summed E-state index contributed by atoms with van der Waals surface area (Å²) in [6.45, 7) is 1.13. The van der Waals surface area contributed by atoms with Gasteiger partial charge in [-0.05, 0) is 32.4 Å². The van der Waals surface area contributed by atoms with Crippen molar-refractivity contribution in [3.05, 3.63) is 0 Å². The van der Waals surface area contributed by atoms with Crippen LogP contribution in [0.1, 0.15) is 13.3 Å². The van der Waals surface area contributed by atoms with Crippen LogP contribution in [-0.2, 0) is 0 Å². The number of thioether (sulfide) groups is 1. The highest BCUT2D eigenvalue weighted by Gasteiger charge is 2.29. The minimum atomic E-state index is -2.76. The molecule has 0 amide bonds. The lowest BCUT2D eigenvalue weighted by Crippen LogP contribution is -2.43. The molecule has 0 aliphatic rings. The summed E-state index contributed by atoms with van der Waals surface area (Å²) in [5.41, 5.74) is 4.97. The standard InChI is InChI=1S/C9H20F2N2S/c1-8(4-5-14-3)13(2)7-9(10,11)6-12/h8H,4-7,12H2,1-3H3. The van der Waals surface area contributed by atoms with Gasteiger partial charge in [-0.2, -0.15) is 11.8 Å². The van der Waals surface area contributed by atoms with Gasteiger partial charge < -0.3 is 5.73 Å². The molecule has 0 heterocycles. The van der Waals surface area contributed by atoms with Crippen LogP contribution in [0.2, 0.25) is 0 Å². The Kier molecular flexibility index (Phi) is 6.64. The third kappa shape index (κ3) is 5.78. The van der Waals surface area contributed by atoms with Crippen molar-refractivity contribution in [3.63, 3.8) is 0 Å². The zero-order valence-corrected chi connectivity index (χ0v) is 9.91. The number of rotatable bonds is 7. The van der Waals surface area contributed by atoms with Gasteiger partial charge in [0.2, 0.25) is 0 Å². The molecule has 0 fully saturated rings. The van der Waals surface area contributed by atoms with Gasteiger partial charge in [0, 0.05) is 6.04 Å². The molecule has 0 saturated heterocycles. The van der Waals surface area contributed by atoms with Crippen molar-refractivity contribution < 1.29 is 8.78 Å². The van der Waals surface area contributed by atoms with E-state index in [0.717, 1.165) is 12.2 Å². The Balaban J connectivity index is 3.87. The fourth-order valence-corrected chi connectivity index (χ4v) is 1.67. The van der Waals surface area contributed by atoms with E-state index in [4.69, 9.17) is 5.73 Å².